The Balaban J connectivity index is 2.11. The van der Waals surface area contributed by atoms with Crippen molar-refractivity contribution in [2.24, 2.45) is 5.84 Å². The quantitative estimate of drug-likeness (QED) is 0.477. The number of benzene rings is 1. The van der Waals surface area contributed by atoms with Crippen LogP contribution in [-0.2, 0) is 6.54 Å². The summed E-state index contributed by atoms with van der Waals surface area (Å²) in [6.45, 7) is 0.161. The van der Waals surface area contributed by atoms with Crippen molar-refractivity contribution in [3.05, 3.63) is 68.9 Å². The summed E-state index contributed by atoms with van der Waals surface area (Å²) in [5.41, 5.74) is 2.48. The number of aromatic nitrogens is 3. The van der Waals surface area contributed by atoms with Gasteiger partial charge >= 0.3 is 0 Å². The third-order valence-electron chi connectivity index (χ3n) is 3.16. The van der Waals surface area contributed by atoms with Crippen LogP contribution < -0.4 is 22.4 Å². The third-order valence-corrected chi connectivity index (χ3v) is 3.16. The minimum atomic E-state index is -0.307. The number of aromatic amines is 1. The van der Waals surface area contributed by atoms with E-state index in [0.29, 0.717) is 22.3 Å². The first-order valence-electron chi connectivity index (χ1n) is 6.33. The molecule has 2 aromatic heterocycles. The molecule has 106 valence electrons. The van der Waals surface area contributed by atoms with Gasteiger partial charge in [-0.3, -0.25) is 14.7 Å². The van der Waals surface area contributed by atoms with Crippen LogP contribution in [0.5, 0.6) is 0 Å². The zero-order chi connectivity index (χ0) is 14.8. The highest BCUT2D eigenvalue weighted by Gasteiger charge is 2.07. The predicted octanol–water partition coefficient (Wildman–Crippen LogP) is 0.419. The number of rotatable bonds is 3. The molecular weight excluding hydrogens is 270 g/mol. The maximum absolute atomic E-state index is 12.4. The molecule has 0 unspecified atom stereocenters. The van der Waals surface area contributed by atoms with Gasteiger partial charge in [-0.2, -0.15) is 0 Å². The highest BCUT2D eigenvalue weighted by atomic mass is 16.2. The fourth-order valence-electron chi connectivity index (χ4n) is 2.17. The SMILES string of the molecule is NNc1cccc(Cn2[nH]c(=O)c3ccccc3c2=O)n1. The molecule has 0 aliphatic carbocycles. The van der Waals surface area contributed by atoms with E-state index in [-0.39, 0.29) is 17.7 Å². The Hall–Kier alpha value is -2.93. The fourth-order valence-corrected chi connectivity index (χ4v) is 2.17. The Morgan fingerprint density at radius 3 is 2.62 bits per heavy atom. The van der Waals surface area contributed by atoms with Crippen molar-refractivity contribution in [3.8, 4) is 0 Å². The molecule has 0 saturated heterocycles. The fraction of sp³-hybridized carbons (Fsp3) is 0.0714. The van der Waals surface area contributed by atoms with Crippen molar-refractivity contribution in [1.82, 2.24) is 14.8 Å². The van der Waals surface area contributed by atoms with Gasteiger partial charge in [0.05, 0.1) is 23.0 Å². The summed E-state index contributed by atoms with van der Waals surface area (Å²) in [6.07, 6.45) is 0. The van der Waals surface area contributed by atoms with E-state index in [1.807, 2.05) is 0 Å². The standard InChI is InChI=1S/C14H13N5O2/c15-17-12-7-3-4-9(16-12)8-19-14(21)11-6-2-1-5-10(11)13(20)18-19/h1-7H,8,15H2,(H,16,17)(H,18,20). The summed E-state index contributed by atoms with van der Waals surface area (Å²) in [4.78, 5) is 28.6. The summed E-state index contributed by atoms with van der Waals surface area (Å²) < 4.78 is 1.24. The lowest BCUT2D eigenvalue weighted by molar-refractivity contribution is 0.626. The second-order valence-corrected chi connectivity index (χ2v) is 4.54. The molecule has 21 heavy (non-hydrogen) atoms. The number of nitrogens with two attached hydrogens (primary N) is 1. The average molecular weight is 283 g/mol. The highest BCUT2D eigenvalue weighted by Crippen LogP contribution is 2.05. The molecule has 0 aliphatic rings. The average Bonchev–Trinajstić information content (AvgIpc) is 2.52. The molecule has 4 N–H and O–H groups in total. The van der Waals surface area contributed by atoms with E-state index in [0.717, 1.165) is 0 Å². The number of hydrogen-bond donors (Lipinski definition) is 3. The third kappa shape index (κ3) is 2.41. The molecule has 1 aromatic carbocycles. The molecule has 3 aromatic rings. The number of H-pyrrole nitrogens is 1. The number of anilines is 1. The first kappa shape index (κ1) is 13.1. The van der Waals surface area contributed by atoms with Crippen molar-refractivity contribution >= 4 is 16.6 Å². The van der Waals surface area contributed by atoms with E-state index < -0.39 is 0 Å². The van der Waals surface area contributed by atoms with Crippen LogP contribution in [-0.4, -0.2) is 14.8 Å². The monoisotopic (exact) mass is 283 g/mol. The molecule has 0 amide bonds. The van der Waals surface area contributed by atoms with Crippen LogP contribution in [0.1, 0.15) is 5.69 Å². The Kier molecular flexibility index (Phi) is 3.25. The zero-order valence-corrected chi connectivity index (χ0v) is 11.0. The molecule has 0 fully saturated rings. The van der Waals surface area contributed by atoms with Crippen LogP contribution in [0.4, 0.5) is 5.82 Å². The molecule has 0 atom stereocenters. The number of fused-ring (bicyclic) bond motifs is 1. The smallest absolute Gasteiger partial charge is 0.273 e. The molecule has 3 rings (SSSR count). The zero-order valence-electron chi connectivity index (χ0n) is 11.0. The van der Waals surface area contributed by atoms with E-state index >= 15 is 0 Å². The molecule has 0 saturated carbocycles. The molecule has 0 spiro atoms. The van der Waals surface area contributed by atoms with Gasteiger partial charge in [-0.15, -0.1) is 0 Å². The summed E-state index contributed by atoms with van der Waals surface area (Å²) in [5, 5.41) is 3.32. The molecule has 7 nitrogen and oxygen atoms in total. The molecular formula is C14H13N5O2. The normalized spacial score (nSPS) is 10.7. The first-order chi connectivity index (χ1) is 10.2. The summed E-state index contributed by atoms with van der Waals surface area (Å²) in [5.74, 6) is 5.79. The topological polar surface area (TPSA) is 106 Å². The number of nitrogen functional groups attached to an aromatic ring is 1. The van der Waals surface area contributed by atoms with Gasteiger partial charge in [0.2, 0.25) is 0 Å². The Morgan fingerprint density at radius 2 is 1.86 bits per heavy atom. The minimum Gasteiger partial charge on any atom is -0.308 e. The van der Waals surface area contributed by atoms with Crippen molar-refractivity contribution in [3.63, 3.8) is 0 Å². The van der Waals surface area contributed by atoms with Crippen molar-refractivity contribution in [2.45, 2.75) is 6.54 Å². The number of pyridine rings is 1. The van der Waals surface area contributed by atoms with Crippen LogP contribution in [0.25, 0.3) is 10.8 Å². The Morgan fingerprint density at radius 1 is 1.10 bits per heavy atom. The minimum absolute atomic E-state index is 0.161. The van der Waals surface area contributed by atoms with E-state index in [1.54, 1.807) is 42.5 Å². The molecule has 7 heteroatoms. The van der Waals surface area contributed by atoms with Gasteiger partial charge in [-0.25, -0.2) is 15.5 Å². The second kappa shape index (κ2) is 5.22. The van der Waals surface area contributed by atoms with Crippen LogP contribution >= 0.6 is 0 Å². The van der Waals surface area contributed by atoms with E-state index in [4.69, 9.17) is 5.84 Å². The number of nitrogens with zero attached hydrogens (tertiary/aromatic N) is 2. The number of hydrazine groups is 1. The van der Waals surface area contributed by atoms with Crippen molar-refractivity contribution in [2.75, 3.05) is 5.43 Å². The van der Waals surface area contributed by atoms with Gasteiger partial charge in [0.1, 0.15) is 5.82 Å². The van der Waals surface area contributed by atoms with Gasteiger partial charge in [0, 0.05) is 0 Å². The lowest BCUT2D eigenvalue weighted by Crippen LogP contribution is -2.30. The molecule has 0 bridgehead atoms. The Bertz CT molecular complexity index is 913. The number of hydrogen-bond acceptors (Lipinski definition) is 5. The second-order valence-electron chi connectivity index (χ2n) is 4.54. The summed E-state index contributed by atoms with van der Waals surface area (Å²) >= 11 is 0. The summed E-state index contributed by atoms with van der Waals surface area (Å²) in [7, 11) is 0. The van der Waals surface area contributed by atoms with Gasteiger partial charge in [0.15, 0.2) is 0 Å². The largest absolute Gasteiger partial charge is 0.308 e. The molecule has 0 aliphatic heterocycles. The van der Waals surface area contributed by atoms with Gasteiger partial charge in [0.25, 0.3) is 11.1 Å². The van der Waals surface area contributed by atoms with E-state index in [1.165, 1.54) is 4.68 Å². The summed E-state index contributed by atoms with van der Waals surface area (Å²) in [6, 6.07) is 11.9. The van der Waals surface area contributed by atoms with Gasteiger partial charge in [-0.1, -0.05) is 18.2 Å². The van der Waals surface area contributed by atoms with Crippen LogP contribution in [0.2, 0.25) is 0 Å². The van der Waals surface area contributed by atoms with E-state index in [2.05, 4.69) is 15.5 Å². The number of nitrogens with one attached hydrogen (secondary N) is 2. The van der Waals surface area contributed by atoms with Crippen molar-refractivity contribution < 1.29 is 0 Å². The van der Waals surface area contributed by atoms with Crippen LogP contribution in [0.3, 0.4) is 0 Å². The first-order valence-corrected chi connectivity index (χ1v) is 6.33. The van der Waals surface area contributed by atoms with E-state index in [9.17, 15) is 9.59 Å². The predicted molar refractivity (Wildman–Crippen MR) is 80.0 cm³/mol. The maximum Gasteiger partial charge on any atom is 0.273 e. The van der Waals surface area contributed by atoms with Gasteiger partial charge < -0.3 is 5.43 Å². The van der Waals surface area contributed by atoms with Gasteiger partial charge in [-0.05, 0) is 24.3 Å². The lowest BCUT2D eigenvalue weighted by atomic mass is 10.2. The van der Waals surface area contributed by atoms with Crippen molar-refractivity contribution in [1.29, 1.82) is 0 Å². The Labute approximate surface area is 119 Å². The van der Waals surface area contributed by atoms with Crippen LogP contribution in [0, 0.1) is 0 Å². The molecule has 2 heterocycles. The highest BCUT2D eigenvalue weighted by molar-refractivity contribution is 5.80. The molecule has 0 radical (unpaired) electrons. The van der Waals surface area contributed by atoms with Crippen LogP contribution in [0.15, 0.2) is 52.1 Å². The maximum atomic E-state index is 12.4. The lowest BCUT2D eigenvalue weighted by Gasteiger charge is -2.07.